The van der Waals surface area contributed by atoms with Crippen LogP contribution >= 0.6 is 11.6 Å². The molecule has 0 saturated heterocycles. The first-order chi connectivity index (χ1) is 13.7. The minimum absolute atomic E-state index is 0.0435. The number of hydrogen-bond acceptors (Lipinski definition) is 7. The number of para-hydroxylation sites is 1. The second-order valence-electron chi connectivity index (χ2n) is 6.73. The molecule has 0 saturated carbocycles. The molecule has 0 unspecified atom stereocenters. The van der Waals surface area contributed by atoms with E-state index in [1.165, 1.54) is 0 Å². The number of H-pyrrole nitrogens is 1. The van der Waals surface area contributed by atoms with Gasteiger partial charge in [0.2, 0.25) is 0 Å². The first-order valence-electron chi connectivity index (χ1n) is 8.64. The number of nitrogens with zero attached hydrogens (tertiary/aromatic N) is 5. The number of carbonyl (C=O) groups excluding carboxylic acids is 1. The van der Waals surface area contributed by atoms with Gasteiger partial charge in [0.15, 0.2) is 5.78 Å². The Bertz CT molecular complexity index is 1250. The highest BCUT2D eigenvalue weighted by molar-refractivity contribution is 6.32. The van der Waals surface area contributed by atoms with Gasteiger partial charge in [0.25, 0.3) is 5.56 Å². The first kappa shape index (κ1) is 20.3. The van der Waals surface area contributed by atoms with Crippen LogP contribution in [0.3, 0.4) is 0 Å². The number of aromatic nitrogens is 6. The van der Waals surface area contributed by atoms with Gasteiger partial charge < -0.3 is 5.73 Å². The molecular weight excluding hydrogens is 402 g/mol. The minimum atomic E-state index is -0.927. The fraction of sp³-hybridized carbons (Fsp3) is 0.294. The molecule has 11 nitrogen and oxygen atoms in total. The molecule has 0 amide bonds. The van der Waals surface area contributed by atoms with E-state index in [9.17, 15) is 19.2 Å². The minimum Gasteiger partial charge on any atom is -0.384 e. The largest absolute Gasteiger partial charge is 0.384 e. The molecule has 12 heteroatoms. The maximum atomic E-state index is 12.7. The Morgan fingerprint density at radius 3 is 2.55 bits per heavy atom. The van der Waals surface area contributed by atoms with Gasteiger partial charge in [-0.3, -0.25) is 19.1 Å². The summed E-state index contributed by atoms with van der Waals surface area (Å²) in [5.74, 6) is -0.999. The molecular formula is C17H18ClN7O4. The predicted molar refractivity (Wildman–Crippen MR) is 106 cm³/mol. The van der Waals surface area contributed by atoms with E-state index in [1.54, 1.807) is 24.3 Å². The van der Waals surface area contributed by atoms with E-state index < -0.39 is 34.8 Å². The number of carbonyl (C=O) groups is 1. The van der Waals surface area contributed by atoms with Gasteiger partial charge in [-0.1, -0.05) is 37.6 Å². The van der Waals surface area contributed by atoms with Crippen LogP contribution in [-0.4, -0.2) is 35.1 Å². The van der Waals surface area contributed by atoms with Crippen LogP contribution in [-0.2, 0) is 13.1 Å². The van der Waals surface area contributed by atoms with Crippen molar-refractivity contribution >= 4 is 23.2 Å². The molecule has 2 heterocycles. The fourth-order valence-corrected chi connectivity index (χ4v) is 2.98. The summed E-state index contributed by atoms with van der Waals surface area (Å²) in [7, 11) is 0. The molecule has 2 aromatic heterocycles. The highest BCUT2D eigenvalue weighted by Crippen LogP contribution is 2.16. The zero-order chi connectivity index (χ0) is 21.3. The number of anilines is 1. The number of halogens is 1. The van der Waals surface area contributed by atoms with E-state index in [0.29, 0.717) is 5.69 Å². The lowest BCUT2D eigenvalue weighted by Crippen LogP contribution is -2.38. The van der Waals surface area contributed by atoms with Crippen molar-refractivity contribution in [3.05, 3.63) is 66.2 Å². The van der Waals surface area contributed by atoms with Gasteiger partial charge in [-0.05, 0) is 28.5 Å². The number of tetrazole rings is 1. The Morgan fingerprint density at radius 1 is 1.21 bits per heavy atom. The van der Waals surface area contributed by atoms with Gasteiger partial charge >= 0.3 is 11.4 Å². The number of aromatic amines is 1. The molecule has 0 spiro atoms. The monoisotopic (exact) mass is 419 g/mol. The van der Waals surface area contributed by atoms with Crippen LogP contribution in [0.2, 0.25) is 5.02 Å². The lowest BCUT2D eigenvalue weighted by atomic mass is 10.1. The lowest BCUT2D eigenvalue weighted by molar-refractivity contribution is 0.0964. The summed E-state index contributed by atoms with van der Waals surface area (Å²) in [6, 6.07) is 6.49. The van der Waals surface area contributed by atoms with Crippen molar-refractivity contribution in [2.45, 2.75) is 26.9 Å². The number of ketones is 1. The van der Waals surface area contributed by atoms with E-state index in [4.69, 9.17) is 17.3 Å². The number of hydrogen-bond donors (Lipinski definition) is 2. The topological polar surface area (TPSA) is 151 Å². The Balaban J connectivity index is 1.99. The smallest absolute Gasteiger partial charge is 0.368 e. The average Bonchev–Trinajstić information content (AvgIpc) is 2.99. The van der Waals surface area contributed by atoms with Crippen LogP contribution in [0.1, 0.15) is 24.2 Å². The molecule has 3 N–H and O–H groups in total. The number of nitrogens with one attached hydrogen (secondary N) is 1. The third kappa shape index (κ3) is 3.90. The zero-order valence-corrected chi connectivity index (χ0v) is 16.4. The van der Waals surface area contributed by atoms with Gasteiger partial charge in [0.05, 0.1) is 10.7 Å². The number of rotatable bonds is 6. The van der Waals surface area contributed by atoms with Crippen LogP contribution in [0.15, 0.2) is 38.6 Å². The Labute approximate surface area is 168 Å². The fourth-order valence-electron chi connectivity index (χ4n) is 2.77. The Kier molecular flexibility index (Phi) is 5.50. The van der Waals surface area contributed by atoms with Crippen molar-refractivity contribution in [3.63, 3.8) is 0 Å². The Hall–Kier alpha value is -3.47. The maximum absolute atomic E-state index is 12.7. The normalized spacial score (nSPS) is 11.2. The second kappa shape index (κ2) is 7.87. The van der Waals surface area contributed by atoms with Crippen molar-refractivity contribution in [1.29, 1.82) is 0 Å². The highest BCUT2D eigenvalue weighted by atomic mass is 35.5. The molecule has 0 radical (unpaired) electrons. The van der Waals surface area contributed by atoms with Gasteiger partial charge in [0, 0.05) is 6.54 Å². The van der Waals surface area contributed by atoms with Crippen LogP contribution in [0, 0.1) is 5.92 Å². The van der Waals surface area contributed by atoms with Gasteiger partial charge in [-0.15, -0.1) is 0 Å². The molecule has 0 fully saturated rings. The lowest BCUT2D eigenvalue weighted by Gasteiger charge is -2.13. The third-order valence-corrected chi connectivity index (χ3v) is 4.40. The Morgan fingerprint density at radius 2 is 1.90 bits per heavy atom. The van der Waals surface area contributed by atoms with E-state index in [2.05, 4.69) is 15.4 Å². The van der Waals surface area contributed by atoms with E-state index >= 15 is 0 Å². The number of nitrogen functional groups attached to an aromatic ring is 1. The maximum Gasteiger partial charge on any atom is 0.368 e. The van der Waals surface area contributed by atoms with Crippen molar-refractivity contribution in [2.75, 3.05) is 5.73 Å². The van der Waals surface area contributed by atoms with Gasteiger partial charge in [0.1, 0.15) is 17.9 Å². The third-order valence-electron chi connectivity index (χ3n) is 4.08. The molecule has 0 atom stereocenters. The van der Waals surface area contributed by atoms with Crippen molar-refractivity contribution < 1.29 is 4.79 Å². The first-order valence-corrected chi connectivity index (χ1v) is 9.02. The summed E-state index contributed by atoms with van der Waals surface area (Å²) >= 11 is 6.06. The molecule has 152 valence electrons. The average molecular weight is 420 g/mol. The number of Topliss-reactive ketones (excluding diaryl/α,β-unsaturated/α-hetero) is 1. The summed E-state index contributed by atoms with van der Waals surface area (Å²) in [5, 5.41) is 7.65. The molecule has 0 aliphatic rings. The van der Waals surface area contributed by atoms with Gasteiger partial charge in [-0.25, -0.2) is 9.59 Å². The molecule has 29 heavy (non-hydrogen) atoms. The van der Waals surface area contributed by atoms with Crippen LogP contribution < -0.4 is 22.7 Å². The number of benzene rings is 1. The highest BCUT2D eigenvalue weighted by Gasteiger charge is 2.22. The van der Waals surface area contributed by atoms with Gasteiger partial charge in [-0.2, -0.15) is 9.36 Å². The predicted octanol–water partition coefficient (Wildman–Crippen LogP) is 0.0535. The molecule has 3 rings (SSSR count). The van der Waals surface area contributed by atoms with Crippen LogP contribution in [0.25, 0.3) is 5.69 Å². The molecule has 0 aliphatic heterocycles. The summed E-state index contributed by atoms with van der Waals surface area (Å²) in [4.78, 5) is 51.5. The van der Waals surface area contributed by atoms with Crippen molar-refractivity contribution in [2.24, 2.45) is 5.92 Å². The van der Waals surface area contributed by atoms with Crippen molar-refractivity contribution in [1.82, 2.24) is 29.3 Å². The second-order valence-corrected chi connectivity index (χ2v) is 7.14. The standard InChI is InChI=1S/C17H18ClN7O4/c1-9(2)7-23-14(19)13(15(27)20-16(23)28)12(26)8-24-17(29)25(22-21-24)11-6-4-3-5-10(11)18/h3-6,9H,7-8,19H2,1-2H3,(H,20,27,28). The molecule has 3 aromatic rings. The summed E-state index contributed by atoms with van der Waals surface area (Å²) in [6.45, 7) is 3.33. The number of nitrogens with two attached hydrogens (primary N) is 1. The van der Waals surface area contributed by atoms with E-state index in [-0.39, 0.29) is 23.3 Å². The quantitative estimate of drug-likeness (QED) is 0.536. The van der Waals surface area contributed by atoms with Crippen LogP contribution in [0.4, 0.5) is 5.82 Å². The summed E-state index contributed by atoms with van der Waals surface area (Å²) in [6.07, 6.45) is 0. The van der Waals surface area contributed by atoms with Crippen molar-refractivity contribution in [3.8, 4) is 5.69 Å². The molecule has 0 bridgehead atoms. The summed E-state index contributed by atoms with van der Waals surface area (Å²) in [5.41, 5.74) is 3.44. The van der Waals surface area contributed by atoms with E-state index in [1.807, 2.05) is 13.8 Å². The molecule has 1 aromatic carbocycles. The molecule has 0 aliphatic carbocycles. The van der Waals surface area contributed by atoms with Crippen LogP contribution in [0.5, 0.6) is 0 Å². The summed E-state index contributed by atoms with van der Waals surface area (Å²) < 4.78 is 2.83. The zero-order valence-electron chi connectivity index (χ0n) is 15.6. The van der Waals surface area contributed by atoms with E-state index in [0.717, 1.165) is 13.9 Å². The SMILES string of the molecule is CC(C)Cn1c(N)c(C(=O)Cn2nnn(-c3ccccc3Cl)c2=O)c(=O)[nH]c1=O.